The van der Waals surface area contributed by atoms with E-state index in [1.807, 2.05) is 6.92 Å². The maximum Gasteiger partial charge on any atom is 0.270 e. The Morgan fingerprint density at radius 1 is 1.11 bits per heavy atom. The highest BCUT2D eigenvalue weighted by Gasteiger charge is 2.36. The van der Waals surface area contributed by atoms with Gasteiger partial charge in [0.1, 0.15) is 11.5 Å². The smallest absolute Gasteiger partial charge is 0.270 e. The lowest BCUT2D eigenvalue weighted by Crippen LogP contribution is -2.40. The van der Waals surface area contributed by atoms with E-state index in [0.717, 1.165) is 25.7 Å². The van der Waals surface area contributed by atoms with E-state index >= 15 is 0 Å². The summed E-state index contributed by atoms with van der Waals surface area (Å²) in [6, 6.07) is 10.5. The highest BCUT2D eigenvalue weighted by atomic mass is 35.5. The van der Waals surface area contributed by atoms with Gasteiger partial charge >= 0.3 is 0 Å². The van der Waals surface area contributed by atoms with Crippen molar-refractivity contribution in [2.75, 3.05) is 5.75 Å². The van der Waals surface area contributed by atoms with Gasteiger partial charge in [-0.15, -0.1) is 0 Å². The van der Waals surface area contributed by atoms with Crippen LogP contribution in [0.25, 0.3) is 17.3 Å². The Morgan fingerprint density at radius 3 is 2.50 bits per heavy atom. The van der Waals surface area contributed by atoms with Crippen LogP contribution in [0, 0.1) is 11.7 Å². The molecular formula is C28H28Cl2FN3O3S. The molecule has 200 valence electrons. The Morgan fingerprint density at radius 2 is 1.82 bits per heavy atom. The van der Waals surface area contributed by atoms with Crippen molar-refractivity contribution in [2.24, 2.45) is 5.92 Å². The van der Waals surface area contributed by atoms with Crippen molar-refractivity contribution < 1.29 is 17.6 Å². The third-order valence-corrected chi connectivity index (χ3v) is 9.32. The third-order valence-electron chi connectivity index (χ3n) is 7.31. The molecule has 1 aliphatic heterocycles. The fourth-order valence-electron chi connectivity index (χ4n) is 5.38. The van der Waals surface area contributed by atoms with E-state index in [9.17, 15) is 17.6 Å². The van der Waals surface area contributed by atoms with Gasteiger partial charge in [0.05, 0.1) is 27.9 Å². The van der Waals surface area contributed by atoms with Gasteiger partial charge in [0, 0.05) is 16.6 Å². The van der Waals surface area contributed by atoms with E-state index < -0.39 is 21.6 Å². The van der Waals surface area contributed by atoms with E-state index in [1.54, 1.807) is 36.4 Å². The number of carbonyl (C=O) groups is 1. The standard InChI is InChI=1S/C28H28Cl2FN3O3S/c1-17(19-5-3-2-4-6-19)32-28(35)27-23-16-38(36,37)15-20(13-18-7-10-22(31)11-8-18)26(23)33-34(27)25-12-9-21(29)14-24(25)30/h7-14,17,19H,2-6,15-16H2,1H3,(H,32,35)/t17-/m0/s1. The molecule has 1 amide bonds. The minimum atomic E-state index is -3.59. The van der Waals surface area contributed by atoms with Crippen LogP contribution in [-0.4, -0.2) is 35.9 Å². The fraction of sp³-hybridized carbons (Fsp3) is 0.357. The van der Waals surface area contributed by atoms with Gasteiger partial charge < -0.3 is 5.32 Å². The molecule has 2 aromatic carbocycles. The minimum Gasteiger partial charge on any atom is -0.348 e. The Labute approximate surface area is 231 Å². The van der Waals surface area contributed by atoms with Crippen LogP contribution in [0.2, 0.25) is 10.0 Å². The number of benzene rings is 2. The molecule has 5 rings (SSSR count). The first-order chi connectivity index (χ1) is 18.1. The zero-order chi connectivity index (χ0) is 27.0. The molecule has 1 N–H and O–H groups in total. The van der Waals surface area contributed by atoms with Crippen LogP contribution in [0.1, 0.15) is 66.3 Å². The monoisotopic (exact) mass is 575 g/mol. The summed E-state index contributed by atoms with van der Waals surface area (Å²) in [6.07, 6.45) is 7.22. The maximum atomic E-state index is 13.8. The summed E-state index contributed by atoms with van der Waals surface area (Å²) in [5.41, 5.74) is 2.34. The molecule has 3 aromatic rings. The average Bonchev–Trinajstić information content (AvgIpc) is 3.24. The van der Waals surface area contributed by atoms with Gasteiger partial charge in [-0.05, 0) is 73.2 Å². The first-order valence-corrected chi connectivity index (χ1v) is 15.2. The molecule has 1 aromatic heterocycles. The van der Waals surface area contributed by atoms with Crippen LogP contribution in [0.5, 0.6) is 0 Å². The van der Waals surface area contributed by atoms with Crippen molar-refractivity contribution in [3.05, 3.63) is 80.8 Å². The zero-order valence-corrected chi connectivity index (χ0v) is 23.2. The summed E-state index contributed by atoms with van der Waals surface area (Å²) < 4.78 is 41.0. The number of halogens is 3. The van der Waals surface area contributed by atoms with Gasteiger partial charge in [0.15, 0.2) is 9.84 Å². The molecule has 2 aliphatic rings. The molecule has 0 spiro atoms. The Kier molecular flexibility index (Phi) is 7.67. The average molecular weight is 577 g/mol. The highest BCUT2D eigenvalue weighted by Crippen LogP contribution is 2.36. The largest absolute Gasteiger partial charge is 0.348 e. The van der Waals surface area contributed by atoms with Crippen molar-refractivity contribution in [1.82, 2.24) is 15.1 Å². The Bertz CT molecular complexity index is 1510. The van der Waals surface area contributed by atoms with E-state index in [4.69, 9.17) is 28.3 Å². The van der Waals surface area contributed by atoms with E-state index in [0.29, 0.717) is 39.0 Å². The van der Waals surface area contributed by atoms with Crippen molar-refractivity contribution in [2.45, 2.75) is 50.8 Å². The molecule has 6 nitrogen and oxygen atoms in total. The molecule has 0 saturated heterocycles. The van der Waals surface area contributed by atoms with Gasteiger partial charge in [-0.1, -0.05) is 54.6 Å². The number of fused-ring (bicyclic) bond motifs is 1. The number of hydrogen-bond acceptors (Lipinski definition) is 4. The number of nitrogens with zero attached hydrogens (tertiary/aromatic N) is 2. The minimum absolute atomic E-state index is 0.0862. The number of hydrogen-bond donors (Lipinski definition) is 1. The molecule has 0 unspecified atom stereocenters. The zero-order valence-electron chi connectivity index (χ0n) is 20.9. The quantitative estimate of drug-likeness (QED) is 0.377. The molecule has 1 fully saturated rings. The van der Waals surface area contributed by atoms with Crippen LogP contribution < -0.4 is 5.32 Å². The van der Waals surface area contributed by atoms with E-state index in [1.165, 1.54) is 23.2 Å². The second-order valence-electron chi connectivity index (χ2n) is 10.1. The second-order valence-corrected chi connectivity index (χ2v) is 13.0. The van der Waals surface area contributed by atoms with Crippen LogP contribution in [0.4, 0.5) is 4.39 Å². The molecule has 0 bridgehead atoms. The van der Waals surface area contributed by atoms with Gasteiger partial charge in [-0.25, -0.2) is 17.5 Å². The third kappa shape index (κ3) is 5.67. The Hall–Kier alpha value is -2.68. The van der Waals surface area contributed by atoms with Crippen LogP contribution in [0.15, 0.2) is 42.5 Å². The van der Waals surface area contributed by atoms with Crippen molar-refractivity contribution in [3.8, 4) is 5.69 Å². The molecule has 1 atom stereocenters. The van der Waals surface area contributed by atoms with Crippen molar-refractivity contribution in [3.63, 3.8) is 0 Å². The molecule has 1 aliphatic carbocycles. The van der Waals surface area contributed by atoms with Crippen LogP contribution >= 0.6 is 23.2 Å². The number of carbonyl (C=O) groups excluding carboxylic acids is 1. The van der Waals surface area contributed by atoms with Gasteiger partial charge in [0.25, 0.3) is 5.91 Å². The molecule has 1 saturated carbocycles. The van der Waals surface area contributed by atoms with Gasteiger partial charge in [-0.3, -0.25) is 4.79 Å². The lowest BCUT2D eigenvalue weighted by molar-refractivity contribution is 0.0910. The van der Waals surface area contributed by atoms with E-state index in [-0.39, 0.29) is 28.3 Å². The summed E-state index contributed by atoms with van der Waals surface area (Å²) in [5, 5.41) is 8.55. The first kappa shape index (κ1) is 26.9. The molecule has 10 heteroatoms. The summed E-state index contributed by atoms with van der Waals surface area (Å²) in [7, 11) is -3.59. The number of sulfone groups is 1. The van der Waals surface area contributed by atoms with Crippen LogP contribution in [0.3, 0.4) is 0 Å². The molecule has 0 radical (unpaired) electrons. The summed E-state index contributed by atoms with van der Waals surface area (Å²) >= 11 is 12.6. The summed E-state index contributed by atoms with van der Waals surface area (Å²) in [6.45, 7) is 1.99. The highest BCUT2D eigenvalue weighted by molar-refractivity contribution is 7.91. The Balaban J connectivity index is 1.64. The van der Waals surface area contributed by atoms with Crippen molar-refractivity contribution >= 4 is 50.6 Å². The number of rotatable bonds is 5. The lowest BCUT2D eigenvalue weighted by atomic mass is 9.84. The number of nitrogens with one attached hydrogen (secondary N) is 1. The molecular weight excluding hydrogens is 548 g/mol. The molecule has 38 heavy (non-hydrogen) atoms. The molecule has 2 heterocycles. The van der Waals surface area contributed by atoms with Crippen molar-refractivity contribution in [1.29, 1.82) is 0 Å². The topological polar surface area (TPSA) is 81.1 Å². The predicted octanol–water partition coefficient (Wildman–Crippen LogP) is 6.49. The van der Waals surface area contributed by atoms with Gasteiger partial charge in [-0.2, -0.15) is 5.10 Å². The first-order valence-electron chi connectivity index (χ1n) is 12.7. The second kappa shape index (κ2) is 10.8. The van der Waals surface area contributed by atoms with Gasteiger partial charge in [0.2, 0.25) is 0 Å². The fourth-order valence-corrected chi connectivity index (χ4v) is 7.38. The SMILES string of the molecule is C[C@H](NC(=O)c1c2c(nn1-c1ccc(Cl)cc1Cl)C(=Cc1ccc(F)cc1)CS(=O)(=O)C2)C1CCCCC1. The summed E-state index contributed by atoms with van der Waals surface area (Å²) in [4.78, 5) is 13.8. The predicted molar refractivity (Wildman–Crippen MR) is 149 cm³/mol. The summed E-state index contributed by atoms with van der Waals surface area (Å²) in [5.74, 6) is -1.01. The van der Waals surface area contributed by atoms with E-state index in [2.05, 4.69) is 5.32 Å². The van der Waals surface area contributed by atoms with Crippen LogP contribution in [-0.2, 0) is 15.6 Å². The number of aromatic nitrogens is 2. The normalized spacial score (nSPS) is 19.2. The lowest BCUT2D eigenvalue weighted by Gasteiger charge is -2.28. The maximum absolute atomic E-state index is 13.8. The number of amides is 1.